The standard InChI is InChI=1S/C19H18O/c1-13-10-11-16(14(2)20)19(12-13)18-9-5-7-15-6-3-4-8-17(15)18/h5-12H,3-4H2,1-2H3. The summed E-state index contributed by atoms with van der Waals surface area (Å²) >= 11 is 0. The van der Waals surface area contributed by atoms with Gasteiger partial charge < -0.3 is 0 Å². The van der Waals surface area contributed by atoms with Crippen LogP contribution in [0.4, 0.5) is 0 Å². The van der Waals surface area contributed by atoms with Crippen LogP contribution in [0.15, 0.2) is 36.4 Å². The number of benzene rings is 2. The van der Waals surface area contributed by atoms with E-state index in [4.69, 9.17) is 0 Å². The molecule has 0 saturated heterocycles. The fraction of sp³-hybridized carbons (Fsp3) is 0.211. The Kier molecular flexibility index (Phi) is 3.27. The lowest BCUT2D eigenvalue weighted by molar-refractivity contribution is 0.101. The fourth-order valence-electron chi connectivity index (χ4n) is 2.88. The topological polar surface area (TPSA) is 17.1 Å². The molecule has 1 heteroatoms. The smallest absolute Gasteiger partial charge is 0.160 e. The van der Waals surface area contributed by atoms with Crippen molar-refractivity contribution in [1.82, 2.24) is 0 Å². The van der Waals surface area contributed by atoms with Crippen molar-refractivity contribution in [2.45, 2.75) is 26.7 Å². The third-order valence-electron chi connectivity index (χ3n) is 3.86. The highest BCUT2D eigenvalue weighted by atomic mass is 16.1. The second kappa shape index (κ2) is 5.09. The highest BCUT2D eigenvalue weighted by molar-refractivity contribution is 6.01. The molecule has 0 amide bonds. The Bertz CT molecular complexity index is 797. The molecule has 0 aliphatic heterocycles. The molecule has 0 bridgehead atoms. The minimum absolute atomic E-state index is 0.123. The normalized spacial score (nSPS) is 13.1. The van der Waals surface area contributed by atoms with Crippen LogP contribution in [0, 0.1) is 6.92 Å². The van der Waals surface area contributed by atoms with Gasteiger partial charge in [-0.15, -0.1) is 0 Å². The number of fused-ring (bicyclic) bond motifs is 1. The van der Waals surface area contributed by atoms with Gasteiger partial charge in [0, 0.05) is 5.56 Å². The molecular formula is C19H18O. The van der Waals surface area contributed by atoms with Gasteiger partial charge in [-0.05, 0) is 48.3 Å². The molecule has 1 aliphatic carbocycles. The number of Topliss-reactive ketones (excluding diaryl/α,β-unsaturated/α-hetero) is 1. The Morgan fingerprint density at radius 1 is 1.00 bits per heavy atom. The van der Waals surface area contributed by atoms with Gasteiger partial charge >= 0.3 is 0 Å². The molecule has 0 heterocycles. The van der Waals surface area contributed by atoms with Gasteiger partial charge in [0.2, 0.25) is 0 Å². The summed E-state index contributed by atoms with van der Waals surface area (Å²) in [6, 6.07) is 12.4. The molecular weight excluding hydrogens is 244 g/mol. The van der Waals surface area contributed by atoms with Crippen molar-refractivity contribution in [2.24, 2.45) is 0 Å². The first-order valence-electron chi connectivity index (χ1n) is 7.08. The maximum absolute atomic E-state index is 11.9. The van der Waals surface area contributed by atoms with Crippen molar-refractivity contribution in [3.8, 4) is 11.1 Å². The lowest BCUT2D eigenvalue weighted by Crippen LogP contribution is -2.28. The van der Waals surface area contributed by atoms with Crippen molar-refractivity contribution in [2.75, 3.05) is 0 Å². The van der Waals surface area contributed by atoms with Gasteiger partial charge in [0.1, 0.15) is 0 Å². The quantitative estimate of drug-likeness (QED) is 0.759. The minimum Gasteiger partial charge on any atom is -0.294 e. The van der Waals surface area contributed by atoms with Crippen LogP contribution in [0.1, 0.15) is 35.7 Å². The highest BCUT2D eigenvalue weighted by Gasteiger charge is 2.11. The number of aryl methyl sites for hydroxylation is 1. The van der Waals surface area contributed by atoms with Gasteiger partial charge in [0.25, 0.3) is 0 Å². The molecule has 0 saturated carbocycles. The van der Waals surface area contributed by atoms with Gasteiger partial charge in [-0.1, -0.05) is 54.1 Å². The summed E-state index contributed by atoms with van der Waals surface area (Å²) in [4.78, 5) is 11.9. The summed E-state index contributed by atoms with van der Waals surface area (Å²) in [6.07, 6.45) is 6.74. The summed E-state index contributed by atoms with van der Waals surface area (Å²) < 4.78 is 0. The second-order valence-corrected chi connectivity index (χ2v) is 5.40. The molecule has 2 aromatic rings. The number of carbonyl (C=O) groups is 1. The lowest BCUT2D eigenvalue weighted by atomic mass is 9.92. The van der Waals surface area contributed by atoms with E-state index in [9.17, 15) is 4.79 Å². The highest BCUT2D eigenvalue weighted by Crippen LogP contribution is 2.23. The first kappa shape index (κ1) is 12.9. The van der Waals surface area contributed by atoms with E-state index in [0.29, 0.717) is 0 Å². The molecule has 20 heavy (non-hydrogen) atoms. The number of rotatable bonds is 2. The maximum Gasteiger partial charge on any atom is 0.160 e. The largest absolute Gasteiger partial charge is 0.294 e. The molecule has 0 spiro atoms. The zero-order valence-corrected chi connectivity index (χ0v) is 11.9. The van der Waals surface area contributed by atoms with Crippen LogP contribution in [0.5, 0.6) is 0 Å². The van der Waals surface area contributed by atoms with Crippen LogP contribution in [0.2, 0.25) is 0 Å². The van der Waals surface area contributed by atoms with Crippen molar-refractivity contribution in [1.29, 1.82) is 0 Å². The first-order chi connectivity index (χ1) is 9.66. The molecule has 0 fully saturated rings. The summed E-state index contributed by atoms with van der Waals surface area (Å²) in [5, 5.41) is 2.55. The molecule has 1 aliphatic rings. The average molecular weight is 262 g/mol. The van der Waals surface area contributed by atoms with Gasteiger partial charge in [-0.2, -0.15) is 0 Å². The first-order valence-corrected chi connectivity index (χ1v) is 7.08. The second-order valence-electron chi connectivity index (χ2n) is 5.40. The molecule has 0 unspecified atom stereocenters. The predicted molar refractivity (Wildman–Crippen MR) is 84.0 cm³/mol. The van der Waals surface area contributed by atoms with E-state index >= 15 is 0 Å². The maximum atomic E-state index is 11.9. The molecule has 0 radical (unpaired) electrons. The predicted octanol–water partition coefficient (Wildman–Crippen LogP) is 3.22. The van der Waals surface area contributed by atoms with E-state index < -0.39 is 0 Å². The summed E-state index contributed by atoms with van der Waals surface area (Å²) in [7, 11) is 0. The molecule has 3 rings (SSSR count). The third kappa shape index (κ3) is 2.20. The molecule has 0 atom stereocenters. The molecule has 0 aromatic heterocycles. The minimum atomic E-state index is 0.123. The summed E-state index contributed by atoms with van der Waals surface area (Å²) in [5.41, 5.74) is 4.22. The van der Waals surface area contributed by atoms with E-state index in [1.54, 1.807) is 6.92 Å². The van der Waals surface area contributed by atoms with Crippen LogP contribution in [-0.2, 0) is 0 Å². The Labute approximate surface area is 119 Å². The average Bonchev–Trinajstić information content (AvgIpc) is 2.46. The zero-order valence-electron chi connectivity index (χ0n) is 11.9. The number of carbonyl (C=O) groups excluding carboxylic acids is 1. The van der Waals surface area contributed by atoms with Crippen molar-refractivity contribution < 1.29 is 4.79 Å². The van der Waals surface area contributed by atoms with E-state index in [1.165, 1.54) is 21.6 Å². The molecule has 0 N–H and O–H groups in total. The summed E-state index contributed by atoms with van der Waals surface area (Å²) in [6.45, 7) is 3.71. The lowest BCUT2D eigenvalue weighted by Gasteiger charge is -2.11. The summed E-state index contributed by atoms with van der Waals surface area (Å²) in [5.74, 6) is 0.123. The zero-order chi connectivity index (χ0) is 14.1. The van der Waals surface area contributed by atoms with Crippen LogP contribution >= 0.6 is 0 Å². The molecule has 100 valence electrons. The molecule has 1 nitrogen and oxygen atoms in total. The Morgan fingerprint density at radius 2 is 1.80 bits per heavy atom. The van der Waals surface area contributed by atoms with E-state index in [0.717, 1.165) is 24.0 Å². The molecule has 2 aromatic carbocycles. The monoisotopic (exact) mass is 262 g/mol. The van der Waals surface area contributed by atoms with E-state index in [1.807, 2.05) is 12.1 Å². The number of hydrogen-bond acceptors (Lipinski definition) is 1. The van der Waals surface area contributed by atoms with E-state index in [2.05, 4.69) is 43.3 Å². The van der Waals surface area contributed by atoms with Crippen LogP contribution in [0.25, 0.3) is 23.3 Å². The van der Waals surface area contributed by atoms with Crippen LogP contribution in [-0.4, -0.2) is 5.78 Å². The van der Waals surface area contributed by atoms with Crippen molar-refractivity contribution >= 4 is 17.9 Å². The van der Waals surface area contributed by atoms with Gasteiger partial charge in [-0.25, -0.2) is 0 Å². The van der Waals surface area contributed by atoms with Crippen molar-refractivity contribution in [3.63, 3.8) is 0 Å². The van der Waals surface area contributed by atoms with Crippen LogP contribution < -0.4 is 10.4 Å². The SMILES string of the molecule is CC(=O)c1ccc(C)cc1-c1cccc2c1=CCCC=2. The van der Waals surface area contributed by atoms with Crippen molar-refractivity contribution in [3.05, 3.63) is 58.0 Å². The Morgan fingerprint density at radius 3 is 2.60 bits per heavy atom. The Hall–Kier alpha value is -2.15. The van der Waals surface area contributed by atoms with Gasteiger partial charge in [0.05, 0.1) is 0 Å². The van der Waals surface area contributed by atoms with Crippen LogP contribution in [0.3, 0.4) is 0 Å². The Balaban J connectivity index is 2.36. The number of ketones is 1. The van der Waals surface area contributed by atoms with Gasteiger partial charge in [-0.3, -0.25) is 4.79 Å². The third-order valence-corrected chi connectivity index (χ3v) is 3.86. The van der Waals surface area contributed by atoms with Gasteiger partial charge in [0.15, 0.2) is 5.78 Å². The van der Waals surface area contributed by atoms with E-state index in [-0.39, 0.29) is 5.78 Å². The fourth-order valence-corrected chi connectivity index (χ4v) is 2.88. The number of hydrogen-bond donors (Lipinski definition) is 0.